The number of carbonyl (C=O) groups excluding carboxylic acids is 1. The molecular formula is C24H23F4N3O2. The second kappa shape index (κ2) is 9.74. The van der Waals surface area contributed by atoms with E-state index in [-0.39, 0.29) is 35.8 Å². The zero-order valence-electron chi connectivity index (χ0n) is 17.7. The Balaban J connectivity index is 1.57. The van der Waals surface area contributed by atoms with Crippen molar-refractivity contribution in [3.8, 4) is 11.3 Å². The molecule has 0 spiro atoms. The number of aromatic nitrogens is 1. The van der Waals surface area contributed by atoms with E-state index in [0.717, 1.165) is 43.4 Å². The van der Waals surface area contributed by atoms with Gasteiger partial charge >= 0.3 is 6.18 Å². The zero-order chi connectivity index (χ0) is 23.4. The highest BCUT2D eigenvalue weighted by molar-refractivity contribution is 5.95. The summed E-state index contributed by atoms with van der Waals surface area (Å²) in [5.74, 6) is -0.484. The maximum atomic E-state index is 13.1. The van der Waals surface area contributed by atoms with Crippen LogP contribution >= 0.6 is 0 Å². The van der Waals surface area contributed by atoms with Gasteiger partial charge in [-0.15, -0.1) is 0 Å². The molecule has 9 heteroatoms. The van der Waals surface area contributed by atoms with Gasteiger partial charge in [0.1, 0.15) is 5.82 Å². The third-order valence-electron chi connectivity index (χ3n) is 5.71. The number of hydrogen-bond acceptors (Lipinski definition) is 4. The van der Waals surface area contributed by atoms with Gasteiger partial charge in [-0.05, 0) is 42.7 Å². The summed E-state index contributed by atoms with van der Waals surface area (Å²) in [7, 11) is 0. The number of rotatable bonds is 7. The van der Waals surface area contributed by atoms with Crippen LogP contribution < -0.4 is 10.6 Å². The molecule has 0 unspecified atom stereocenters. The van der Waals surface area contributed by atoms with Crippen molar-refractivity contribution >= 4 is 5.91 Å². The number of hydrogen-bond donors (Lipinski definition) is 2. The molecule has 1 heterocycles. The molecule has 5 nitrogen and oxygen atoms in total. The van der Waals surface area contributed by atoms with Gasteiger partial charge < -0.3 is 15.2 Å². The quantitative estimate of drug-likeness (QED) is 0.459. The Morgan fingerprint density at radius 1 is 1.00 bits per heavy atom. The fraction of sp³-hybridized carbons (Fsp3) is 0.333. The second-order valence-corrected chi connectivity index (χ2v) is 8.10. The summed E-state index contributed by atoms with van der Waals surface area (Å²) in [6.07, 6.45) is -0.563. The summed E-state index contributed by atoms with van der Waals surface area (Å²) in [6, 6.07) is 10.6. The van der Waals surface area contributed by atoms with Crippen molar-refractivity contribution in [1.29, 1.82) is 0 Å². The van der Waals surface area contributed by atoms with E-state index in [9.17, 15) is 22.4 Å². The Labute approximate surface area is 188 Å². The van der Waals surface area contributed by atoms with Gasteiger partial charge in [-0.3, -0.25) is 4.79 Å². The molecule has 1 aromatic heterocycles. The average molecular weight is 461 g/mol. The van der Waals surface area contributed by atoms with Crippen LogP contribution in [0.2, 0.25) is 0 Å². The summed E-state index contributed by atoms with van der Waals surface area (Å²) in [5, 5.41) is 10.1. The first-order valence-corrected chi connectivity index (χ1v) is 10.7. The number of benzene rings is 2. The van der Waals surface area contributed by atoms with Crippen LogP contribution in [0.5, 0.6) is 0 Å². The molecule has 3 aromatic rings. The first kappa shape index (κ1) is 23.0. The number of nitrogens with zero attached hydrogens (tertiary/aromatic N) is 1. The van der Waals surface area contributed by atoms with Gasteiger partial charge in [0.05, 0.1) is 5.56 Å². The van der Waals surface area contributed by atoms with E-state index in [1.165, 1.54) is 24.3 Å². The van der Waals surface area contributed by atoms with Crippen LogP contribution in [0.25, 0.3) is 11.3 Å². The smallest absolute Gasteiger partial charge is 0.355 e. The van der Waals surface area contributed by atoms with Crippen molar-refractivity contribution in [2.45, 2.75) is 51.0 Å². The molecule has 1 fully saturated rings. The van der Waals surface area contributed by atoms with Gasteiger partial charge in [0.15, 0.2) is 11.5 Å². The maximum Gasteiger partial charge on any atom is 0.416 e. The molecule has 33 heavy (non-hydrogen) atoms. The van der Waals surface area contributed by atoms with E-state index in [0.29, 0.717) is 17.7 Å². The van der Waals surface area contributed by atoms with Gasteiger partial charge in [0.2, 0.25) is 0 Å². The zero-order valence-corrected chi connectivity index (χ0v) is 17.7. The molecule has 1 amide bonds. The highest BCUT2D eigenvalue weighted by Crippen LogP contribution is 2.33. The lowest BCUT2D eigenvalue weighted by Gasteiger charge is -2.12. The Hall–Kier alpha value is -3.20. The van der Waals surface area contributed by atoms with Gasteiger partial charge in [-0.2, -0.15) is 13.2 Å². The Morgan fingerprint density at radius 3 is 2.30 bits per heavy atom. The molecule has 1 aliphatic carbocycles. The van der Waals surface area contributed by atoms with E-state index < -0.39 is 11.7 Å². The lowest BCUT2D eigenvalue weighted by atomic mass is 10.0. The monoisotopic (exact) mass is 461 g/mol. The molecule has 174 valence electrons. The highest BCUT2D eigenvalue weighted by Gasteiger charge is 2.31. The first-order chi connectivity index (χ1) is 15.8. The summed E-state index contributed by atoms with van der Waals surface area (Å²) in [4.78, 5) is 12.9. The summed E-state index contributed by atoms with van der Waals surface area (Å²) in [6.45, 7) is 0.576. The van der Waals surface area contributed by atoms with E-state index >= 15 is 0 Å². The SMILES string of the molecule is O=C(NC1CCCC1)c1noc(-c2ccc(C(F)(F)F)cc2)c1CNCc1ccc(F)cc1. The number of nitrogens with one attached hydrogen (secondary N) is 2. The number of carbonyl (C=O) groups is 1. The van der Waals surface area contributed by atoms with Crippen LogP contribution in [-0.4, -0.2) is 17.1 Å². The topological polar surface area (TPSA) is 67.2 Å². The van der Waals surface area contributed by atoms with Gasteiger partial charge in [-0.25, -0.2) is 4.39 Å². The average Bonchev–Trinajstić information content (AvgIpc) is 3.44. The Bertz CT molecular complexity index is 1090. The van der Waals surface area contributed by atoms with Crippen LogP contribution in [-0.2, 0) is 19.3 Å². The van der Waals surface area contributed by atoms with Gasteiger partial charge in [0, 0.05) is 30.3 Å². The third kappa shape index (κ3) is 5.60. The standard InChI is InChI=1S/C24H23F4N3O2/c25-18-11-5-15(6-12-18)13-29-14-20-21(23(32)30-19-3-1-2-4-19)31-33-22(20)16-7-9-17(10-8-16)24(26,27)28/h5-12,19,29H,1-4,13-14H2,(H,30,32). The predicted octanol–water partition coefficient (Wildman–Crippen LogP) is 5.46. The lowest BCUT2D eigenvalue weighted by Crippen LogP contribution is -2.33. The van der Waals surface area contributed by atoms with E-state index in [1.807, 2.05) is 0 Å². The molecule has 0 atom stereocenters. The van der Waals surface area contributed by atoms with Gasteiger partial charge in [0.25, 0.3) is 5.91 Å². The maximum absolute atomic E-state index is 13.1. The van der Waals surface area contributed by atoms with Crippen molar-refractivity contribution < 1.29 is 26.9 Å². The minimum absolute atomic E-state index is 0.0729. The summed E-state index contributed by atoms with van der Waals surface area (Å²) >= 11 is 0. The van der Waals surface area contributed by atoms with Gasteiger partial charge in [-0.1, -0.05) is 42.3 Å². The van der Waals surface area contributed by atoms with Crippen LogP contribution in [0.1, 0.15) is 52.9 Å². The van der Waals surface area contributed by atoms with Crippen molar-refractivity contribution in [3.63, 3.8) is 0 Å². The minimum atomic E-state index is -4.45. The fourth-order valence-corrected chi connectivity index (χ4v) is 3.95. The number of alkyl halides is 3. The Kier molecular flexibility index (Phi) is 6.78. The molecule has 2 aromatic carbocycles. The molecule has 0 radical (unpaired) electrons. The minimum Gasteiger partial charge on any atom is -0.355 e. The lowest BCUT2D eigenvalue weighted by molar-refractivity contribution is -0.137. The van der Waals surface area contributed by atoms with Crippen molar-refractivity contribution in [2.24, 2.45) is 0 Å². The van der Waals surface area contributed by atoms with Crippen LogP contribution in [0.15, 0.2) is 53.1 Å². The molecule has 4 rings (SSSR count). The molecule has 0 aliphatic heterocycles. The van der Waals surface area contributed by atoms with E-state index in [1.54, 1.807) is 12.1 Å². The molecule has 1 aliphatic rings. The summed E-state index contributed by atoms with van der Waals surface area (Å²) in [5.41, 5.74) is 0.992. The highest BCUT2D eigenvalue weighted by atomic mass is 19.4. The molecule has 1 saturated carbocycles. The van der Waals surface area contributed by atoms with Crippen molar-refractivity contribution in [2.75, 3.05) is 0 Å². The first-order valence-electron chi connectivity index (χ1n) is 10.7. The fourth-order valence-electron chi connectivity index (χ4n) is 3.95. The molecule has 0 saturated heterocycles. The molecule has 0 bridgehead atoms. The number of amides is 1. The van der Waals surface area contributed by atoms with Crippen molar-refractivity contribution in [1.82, 2.24) is 15.8 Å². The molecule has 2 N–H and O–H groups in total. The van der Waals surface area contributed by atoms with Crippen molar-refractivity contribution in [3.05, 3.63) is 76.7 Å². The largest absolute Gasteiger partial charge is 0.416 e. The van der Waals surface area contributed by atoms with E-state index in [4.69, 9.17) is 4.52 Å². The number of halogens is 4. The van der Waals surface area contributed by atoms with Crippen LogP contribution in [0.4, 0.5) is 17.6 Å². The van der Waals surface area contributed by atoms with E-state index in [2.05, 4.69) is 15.8 Å². The summed E-state index contributed by atoms with van der Waals surface area (Å²) < 4.78 is 57.4. The molecular weight excluding hydrogens is 438 g/mol. The second-order valence-electron chi connectivity index (χ2n) is 8.10. The normalized spacial score (nSPS) is 14.5. The van der Waals surface area contributed by atoms with Crippen LogP contribution in [0.3, 0.4) is 0 Å². The Morgan fingerprint density at radius 2 is 1.67 bits per heavy atom. The van der Waals surface area contributed by atoms with Crippen LogP contribution in [0, 0.1) is 5.82 Å². The predicted molar refractivity (Wildman–Crippen MR) is 114 cm³/mol. The third-order valence-corrected chi connectivity index (χ3v) is 5.71.